The Morgan fingerprint density at radius 2 is 1.83 bits per heavy atom. The van der Waals surface area contributed by atoms with Gasteiger partial charge in [0.15, 0.2) is 0 Å². The van der Waals surface area contributed by atoms with Gasteiger partial charge in [0.1, 0.15) is 12.4 Å². The summed E-state index contributed by atoms with van der Waals surface area (Å²) in [4.78, 5) is 31.2. The largest absolute Gasteiger partial charge is 0.376 e. The maximum Gasteiger partial charge on any atom is 0.322 e. The molecule has 1 fully saturated rings. The molecule has 0 spiro atoms. The Morgan fingerprint density at radius 3 is 2.47 bits per heavy atom. The molecular weight excluding hydrogens is 545 g/mol. The summed E-state index contributed by atoms with van der Waals surface area (Å²) in [5, 5.41) is 4.90. The van der Waals surface area contributed by atoms with E-state index < -0.39 is 0 Å². The third-order valence-electron chi connectivity index (χ3n) is 6.10. The predicted octanol–water partition coefficient (Wildman–Crippen LogP) is 6.20. The Bertz CT molecular complexity index is 1160. The van der Waals surface area contributed by atoms with E-state index in [0.29, 0.717) is 31.9 Å². The molecule has 36 heavy (non-hydrogen) atoms. The van der Waals surface area contributed by atoms with Crippen molar-refractivity contribution >= 4 is 44.9 Å². The van der Waals surface area contributed by atoms with E-state index in [2.05, 4.69) is 21.2 Å². The number of hydrogen-bond acceptors (Lipinski definition) is 4. The molecule has 190 valence electrons. The van der Waals surface area contributed by atoms with E-state index in [1.54, 1.807) is 40.5 Å². The van der Waals surface area contributed by atoms with E-state index in [0.717, 1.165) is 33.3 Å². The van der Waals surface area contributed by atoms with E-state index in [4.69, 9.17) is 4.74 Å². The molecule has 2 aromatic carbocycles. The molecule has 1 unspecified atom stereocenters. The van der Waals surface area contributed by atoms with Crippen molar-refractivity contribution in [2.75, 3.05) is 25.0 Å². The SMILES string of the molecule is Cc1ccsc1CN(Cc1ccc(F)cc1)C(=O)CN(CC1CCCO1)C(=O)Nc1ccc(Br)cc1. The van der Waals surface area contributed by atoms with Crippen LogP contribution in [0.3, 0.4) is 0 Å². The van der Waals surface area contributed by atoms with Crippen molar-refractivity contribution in [3.8, 4) is 0 Å². The van der Waals surface area contributed by atoms with Crippen molar-refractivity contribution in [2.45, 2.75) is 39.0 Å². The third-order valence-corrected chi connectivity index (χ3v) is 7.64. The number of urea groups is 1. The van der Waals surface area contributed by atoms with Gasteiger partial charge in [-0.3, -0.25) is 4.79 Å². The smallest absolute Gasteiger partial charge is 0.322 e. The molecule has 6 nitrogen and oxygen atoms in total. The van der Waals surface area contributed by atoms with Gasteiger partial charge in [0.2, 0.25) is 5.91 Å². The molecule has 3 aromatic rings. The molecule has 9 heteroatoms. The first-order valence-corrected chi connectivity index (χ1v) is 13.5. The number of benzene rings is 2. The highest BCUT2D eigenvalue weighted by Gasteiger charge is 2.27. The second kappa shape index (κ2) is 12.5. The first kappa shape index (κ1) is 26.3. The summed E-state index contributed by atoms with van der Waals surface area (Å²) in [7, 11) is 0. The molecule has 0 aliphatic carbocycles. The van der Waals surface area contributed by atoms with Gasteiger partial charge < -0.3 is 19.9 Å². The summed E-state index contributed by atoms with van der Waals surface area (Å²) in [6.07, 6.45) is 1.69. The monoisotopic (exact) mass is 573 g/mol. The van der Waals surface area contributed by atoms with Crippen LogP contribution in [-0.4, -0.2) is 47.5 Å². The third kappa shape index (κ3) is 7.38. The van der Waals surface area contributed by atoms with Crippen molar-refractivity contribution in [3.63, 3.8) is 0 Å². The molecule has 1 saturated heterocycles. The fourth-order valence-electron chi connectivity index (χ4n) is 4.03. The molecular formula is C27H29BrFN3O3S. The Morgan fingerprint density at radius 1 is 1.08 bits per heavy atom. The van der Waals surface area contributed by atoms with Gasteiger partial charge >= 0.3 is 6.03 Å². The lowest BCUT2D eigenvalue weighted by Gasteiger charge is -2.29. The summed E-state index contributed by atoms with van der Waals surface area (Å²) in [5.74, 6) is -0.505. The van der Waals surface area contributed by atoms with Crippen LogP contribution in [-0.2, 0) is 22.6 Å². The number of anilines is 1. The lowest BCUT2D eigenvalue weighted by molar-refractivity contribution is -0.133. The second-order valence-corrected chi connectivity index (χ2v) is 10.8. The van der Waals surface area contributed by atoms with Gasteiger partial charge in [-0.1, -0.05) is 28.1 Å². The van der Waals surface area contributed by atoms with Crippen LogP contribution in [0.5, 0.6) is 0 Å². The van der Waals surface area contributed by atoms with Crippen LogP contribution < -0.4 is 5.32 Å². The molecule has 1 aliphatic rings. The van der Waals surface area contributed by atoms with Crippen LogP contribution in [0, 0.1) is 12.7 Å². The Kier molecular flexibility index (Phi) is 9.12. The molecule has 1 aliphatic heterocycles. The highest BCUT2D eigenvalue weighted by atomic mass is 79.9. The molecule has 2 heterocycles. The summed E-state index contributed by atoms with van der Waals surface area (Å²) in [5.41, 5.74) is 2.58. The number of thiophene rings is 1. The van der Waals surface area contributed by atoms with Crippen molar-refractivity contribution in [3.05, 3.63) is 86.3 Å². The van der Waals surface area contributed by atoms with Crippen molar-refractivity contribution in [1.82, 2.24) is 9.80 Å². The quantitative estimate of drug-likeness (QED) is 0.331. The van der Waals surface area contributed by atoms with E-state index in [-0.39, 0.29) is 30.4 Å². The van der Waals surface area contributed by atoms with Gasteiger partial charge in [0, 0.05) is 34.7 Å². The Hall–Kier alpha value is -2.75. The summed E-state index contributed by atoms with van der Waals surface area (Å²) in [6.45, 7) is 3.65. The molecule has 0 bridgehead atoms. The van der Waals surface area contributed by atoms with Crippen LogP contribution in [0.4, 0.5) is 14.9 Å². The molecule has 1 aromatic heterocycles. The number of amides is 3. The highest BCUT2D eigenvalue weighted by molar-refractivity contribution is 9.10. The Balaban J connectivity index is 1.52. The average Bonchev–Trinajstić information content (AvgIpc) is 3.52. The zero-order chi connectivity index (χ0) is 25.5. The van der Waals surface area contributed by atoms with Gasteiger partial charge in [-0.05, 0) is 78.7 Å². The molecule has 0 radical (unpaired) electrons. The van der Waals surface area contributed by atoms with E-state index in [1.807, 2.05) is 30.5 Å². The van der Waals surface area contributed by atoms with Gasteiger partial charge in [-0.2, -0.15) is 0 Å². The standard InChI is InChI=1S/C27H29BrFN3O3S/c1-19-12-14-36-25(19)17-31(15-20-4-8-22(29)9-5-20)26(33)18-32(16-24-3-2-13-35-24)27(34)30-23-10-6-21(28)7-11-23/h4-12,14,24H,2-3,13,15-18H2,1H3,(H,30,34). The van der Waals surface area contributed by atoms with Crippen molar-refractivity contribution in [1.29, 1.82) is 0 Å². The zero-order valence-electron chi connectivity index (χ0n) is 20.1. The lowest BCUT2D eigenvalue weighted by atomic mass is 10.2. The number of carbonyl (C=O) groups excluding carboxylic acids is 2. The number of ether oxygens (including phenoxy) is 1. The minimum atomic E-state index is -0.352. The summed E-state index contributed by atoms with van der Waals surface area (Å²) >= 11 is 4.99. The second-order valence-electron chi connectivity index (χ2n) is 8.86. The molecule has 4 rings (SSSR count). The van der Waals surface area contributed by atoms with Crippen LogP contribution in [0.15, 0.2) is 64.5 Å². The van der Waals surface area contributed by atoms with E-state index >= 15 is 0 Å². The van der Waals surface area contributed by atoms with Crippen LogP contribution in [0.1, 0.15) is 28.8 Å². The van der Waals surface area contributed by atoms with Crippen molar-refractivity contribution in [2.24, 2.45) is 0 Å². The molecule has 0 saturated carbocycles. The maximum absolute atomic E-state index is 13.6. The minimum absolute atomic E-state index is 0.0894. The zero-order valence-corrected chi connectivity index (χ0v) is 22.5. The normalized spacial score (nSPS) is 15.0. The van der Waals surface area contributed by atoms with Gasteiger partial charge in [0.25, 0.3) is 0 Å². The van der Waals surface area contributed by atoms with Gasteiger partial charge in [-0.25, -0.2) is 9.18 Å². The van der Waals surface area contributed by atoms with Crippen LogP contribution >= 0.6 is 27.3 Å². The van der Waals surface area contributed by atoms with Crippen molar-refractivity contribution < 1.29 is 18.7 Å². The number of aryl methyl sites for hydroxylation is 1. The van der Waals surface area contributed by atoms with E-state index in [1.165, 1.54) is 17.0 Å². The first-order valence-electron chi connectivity index (χ1n) is 11.9. The van der Waals surface area contributed by atoms with Crippen LogP contribution in [0.2, 0.25) is 0 Å². The topological polar surface area (TPSA) is 61.9 Å². The molecule has 1 atom stereocenters. The minimum Gasteiger partial charge on any atom is -0.376 e. The first-order chi connectivity index (χ1) is 17.4. The fourth-order valence-corrected chi connectivity index (χ4v) is 5.22. The highest BCUT2D eigenvalue weighted by Crippen LogP contribution is 2.21. The predicted molar refractivity (Wildman–Crippen MR) is 143 cm³/mol. The van der Waals surface area contributed by atoms with Gasteiger partial charge in [-0.15, -0.1) is 11.3 Å². The molecule has 1 N–H and O–H groups in total. The number of hydrogen-bond donors (Lipinski definition) is 1. The molecule has 3 amide bonds. The summed E-state index contributed by atoms with van der Waals surface area (Å²) in [6, 6.07) is 15.1. The fraction of sp³-hybridized carbons (Fsp3) is 0.333. The number of carbonyl (C=O) groups is 2. The number of nitrogens with one attached hydrogen (secondary N) is 1. The number of nitrogens with zero attached hydrogens (tertiary/aromatic N) is 2. The Labute approximate surface area is 223 Å². The lowest BCUT2D eigenvalue weighted by Crippen LogP contribution is -2.46. The maximum atomic E-state index is 13.6. The van der Waals surface area contributed by atoms with Crippen LogP contribution in [0.25, 0.3) is 0 Å². The summed E-state index contributed by atoms with van der Waals surface area (Å²) < 4.78 is 20.1. The number of halogens is 2. The number of rotatable bonds is 9. The van der Waals surface area contributed by atoms with Gasteiger partial charge in [0.05, 0.1) is 12.6 Å². The average molecular weight is 575 g/mol. The van der Waals surface area contributed by atoms with E-state index in [9.17, 15) is 14.0 Å².